The van der Waals surface area contributed by atoms with E-state index in [1.165, 1.54) is 11.1 Å². The van der Waals surface area contributed by atoms with Crippen LogP contribution in [0.4, 0.5) is 0 Å². The second kappa shape index (κ2) is 6.98. The molecule has 0 heterocycles. The van der Waals surface area contributed by atoms with Crippen molar-refractivity contribution in [2.24, 2.45) is 5.41 Å². The molecule has 0 fully saturated rings. The van der Waals surface area contributed by atoms with Gasteiger partial charge < -0.3 is 4.74 Å². The van der Waals surface area contributed by atoms with Crippen molar-refractivity contribution in [3.8, 4) is 11.8 Å². The molecule has 1 aromatic rings. The third-order valence-corrected chi connectivity index (χ3v) is 3.77. The summed E-state index contributed by atoms with van der Waals surface area (Å²) < 4.78 is 5.99. The Kier molecular flexibility index (Phi) is 5.84. The molecule has 1 rings (SSSR count). The molecule has 2 nitrogen and oxygen atoms in total. The minimum Gasteiger partial charge on any atom is -0.493 e. The first-order valence-corrected chi connectivity index (χ1v) is 7.87. The van der Waals surface area contributed by atoms with Gasteiger partial charge in [-0.1, -0.05) is 39.8 Å². The van der Waals surface area contributed by atoms with Crippen LogP contribution in [0.3, 0.4) is 0 Å². The maximum atomic E-state index is 9.03. The molecule has 0 aliphatic carbocycles. The second-order valence-electron chi connectivity index (χ2n) is 7.38. The highest BCUT2D eigenvalue weighted by Crippen LogP contribution is 2.32. The van der Waals surface area contributed by atoms with Crippen LogP contribution in [-0.2, 0) is 11.8 Å². The molecule has 0 bridgehead atoms. The number of hydrogen-bond donors (Lipinski definition) is 0. The molecule has 0 saturated heterocycles. The third-order valence-electron chi connectivity index (χ3n) is 3.77. The number of aryl methyl sites for hydroxylation is 1. The number of ether oxygens (including phenoxy) is 1. The van der Waals surface area contributed by atoms with E-state index in [9.17, 15) is 0 Å². The first-order valence-electron chi connectivity index (χ1n) is 7.87. The molecule has 1 aromatic carbocycles. The average molecular weight is 287 g/mol. The molecular formula is C19H29NO. The van der Waals surface area contributed by atoms with E-state index in [1.54, 1.807) is 0 Å². The molecule has 0 radical (unpaired) electrons. The zero-order valence-electron chi connectivity index (χ0n) is 14.4. The molecule has 0 aromatic heterocycles. The van der Waals surface area contributed by atoms with Gasteiger partial charge in [0.25, 0.3) is 0 Å². The summed E-state index contributed by atoms with van der Waals surface area (Å²) in [7, 11) is 0. The van der Waals surface area contributed by atoms with E-state index in [4.69, 9.17) is 10.00 Å². The Balaban J connectivity index is 2.73. The maximum absolute atomic E-state index is 9.03. The summed E-state index contributed by atoms with van der Waals surface area (Å²) in [5.41, 5.74) is 2.42. The van der Waals surface area contributed by atoms with Gasteiger partial charge in [0.05, 0.1) is 18.1 Å². The molecule has 0 spiro atoms. The summed E-state index contributed by atoms with van der Waals surface area (Å²) in [6.07, 6.45) is 2.81. The molecule has 0 saturated carbocycles. The summed E-state index contributed by atoms with van der Waals surface area (Å²) >= 11 is 0. The fourth-order valence-corrected chi connectivity index (χ4v) is 2.26. The number of nitrogens with zero attached hydrogens (tertiary/aromatic N) is 1. The van der Waals surface area contributed by atoms with Gasteiger partial charge in [-0.2, -0.15) is 5.26 Å². The van der Waals surface area contributed by atoms with Gasteiger partial charge in [-0.15, -0.1) is 0 Å². The van der Waals surface area contributed by atoms with Crippen LogP contribution in [0.1, 0.15) is 65.5 Å². The average Bonchev–Trinajstić information content (AvgIpc) is 2.42. The monoisotopic (exact) mass is 287 g/mol. The highest BCUT2D eigenvalue weighted by Gasteiger charge is 2.20. The van der Waals surface area contributed by atoms with Gasteiger partial charge in [-0.25, -0.2) is 0 Å². The van der Waals surface area contributed by atoms with Crippen molar-refractivity contribution in [3.05, 3.63) is 29.3 Å². The Hall–Kier alpha value is -1.49. The van der Waals surface area contributed by atoms with Crippen LogP contribution in [0, 0.1) is 16.7 Å². The number of hydrogen-bond acceptors (Lipinski definition) is 2. The summed E-state index contributed by atoms with van der Waals surface area (Å²) in [4.78, 5) is 0. The van der Waals surface area contributed by atoms with Gasteiger partial charge in [0.15, 0.2) is 0 Å². The fraction of sp³-hybridized carbons (Fsp3) is 0.632. The van der Waals surface area contributed by atoms with Crippen LogP contribution in [0.2, 0.25) is 0 Å². The van der Waals surface area contributed by atoms with Crippen molar-refractivity contribution in [1.29, 1.82) is 5.26 Å². The number of benzene rings is 1. The van der Waals surface area contributed by atoms with E-state index in [-0.39, 0.29) is 10.8 Å². The van der Waals surface area contributed by atoms with Crippen LogP contribution in [0.15, 0.2) is 18.2 Å². The SMILES string of the molecule is CCc1ccc(OCCCC(C)(C)C#N)c(C(C)(C)C)c1. The molecule has 21 heavy (non-hydrogen) atoms. The van der Waals surface area contributed by atoms with Gasteiger partial charge in [0, 0.05) is 0 Å². The maximum Gasteiger partial charge on any atom is 0.123 e. The normalized spacial score (nSPS) is 12.0. The van der Waals surface area contributed by atoms with Gasteiger partial charge >= 0.3 is 0 Å². The molecule has 0 atom stereocenters. The molecule has 0 unspecified atom stereocenters. The van der Waals surface area contributed by atoms with Gasteiger partial charge in [-0.3, -0.25) is 0 Å². The van der Waals surface area contributed by atoms with E-state index in [1.807, 2.05) is 13.8 Å². The lowest BCUT2D eigenvalue weighted by Crippen LogP contribution is -2.15. The smallest absolute Gasteiger partial charge is 0.123 e. The largest absolute Gasteiger partial charge is 0.493 e. The zero-order valence-corrected chi connectivity index (χ0v) is 14.4. The summed E-state index contributed by atoms with van der Waals surface area (Å²) in [6, 6.07) is 8.83. The van der Waals surface area contributed by atoms with E-state index < -0.39 is 0 Å². The van der Waals surface area contributed by atoms with Gasteiger partial charge in [0.1, 0.15) is 5.75 Å². The van der Waals surface area contributed by atoms with Crippen LogP contribution in [-0.4, -0.2) is 6.61 Å². The van der Waals surface area contributed by atoms with Crippen LogP contribution < -0.4 is 4.74 Å². The van der Waals surface area contributed by atoms with Crippen molar-refractivity contribution in [1.82, 2.24) is 0 Å². The Morgan fingerprint density at radius 1 is 1.14 bits per heavy atom. The van der Waals surface area contributed by atoms with E-state index in [0.29, 0.717) is 6.61 Å². The lowest BCUT2D eigenvalue weighted by atomic mass is 9.85. The Morgan fingerprint density at radius 3 is 2.33 bits per heavy atom. The van der Waals surface area contributed by atoms with Crippen molar-refractivity contribution >= 4 is 0 Å². The Bertz CT molecular complexity index is 503. The topological polar surface area (TPSA) is 33.0 Å². The molecule has 0 aliphatic heterocycles. The first-order chi connectivity index (χ1) is 9.69. The second-order valence-corrected chi connectivity index (χ2v) is 7.38. The quantitative estimate of drug-likeness (QED) is 0.669. The predicted molar refractivity (Wildman–Crippen MR) is 88.6 cm³/mol. The Morgan fingerprint density at radius 2 is 1.81 bits per heavy atom. The number of nitriles is 1. The van der Waals surface area contributed by atoms with Crippen molar-refractivity contribution in [2.45, 2.75) is 66.2 Å². The molecule has 0 amide bonds. The highest BCUT2D eigenvalue weighted by molar-refractivity contribution is 5.41. The van der Waals surface area contributed by atoms with Crippen LogP contribution >= 0.6 is 0 Å². The van der Waals surface area contributed by atoms with Crippen LogP contribution in [0.25, 0.3) is 0 Å². The molecular weight excluding hydrogens is 258 g/mol. The van der Waals surface area contributed by atoms with Crippen molar-refractivity contribution < 1.29 is 4.74 Å². The van der Waals surface area contributed by atoms with Gasteiger partial charge in [0.2, 0.25) is 0 Å². The van der Waals surface area contributed by atoms with Crippen molar-refractivity contribution in [3.63, 3.8) is 0 Å². The van der Waals surface area contributed by atoms with E-state index >= 15 is 0 Å². The van der Waals surface area contributed by atoms with Crippen LogP contribution in [0.5, 0.6) is 5.75 Å². The summed E-state index contributed by atoms with van der Waals surface area (Å²) in [6.45, 7) is 13.4. The standard InChI is InChI=1S/C19H29NO/c1-7-15-9-10-17(16(13-15)18(2,3)4)21-12-8-11-19(5,6)14-20/h9-10,13H,7-8,11-12H2,1-6H3. The fourth-order valence-electron chi connectivity index (χ4n) is 2.26. The molecule has 2 heteroatoms. The molecule has 116 valence electrons. The molecule has 0 aliphatic rings. The summed E-state index contributed by atoms with van der Waals surface area (Å²) in [5.74, 6) is 0.981. The summed E-state index contributed by atoms with van der Waals surface area (Å²) in [5, 5.41) is 9.03. The van der Waals surface area contributed by atoms with E-state index in [0.717, 1.165) is 25.0 Å². The zero-order chi connectivity index (χ0) is 16.1. The lowest BCUT2D eigenvalue weighted by molar-refractivity contribution is 0.278. The first kappa shape index (κ1) is 17.6. The van der Waals surface area contributed by atoms with E-state index in [2.05, 4.69) is 52.0 Å². The third kappa shape index (κ3) is 5.42. The molecule has 0 N–H and O–H groups in total. The Labute approximate surface area is 130 Å². The van der Waals surface area contributed by atoms with Gasteiger partial charge in [-0.05, 0) is 55.7 Å². The predicted octanol–water partition coefficient (Wildman–Crippen LogP) is 5.26. The minimum atomic E-state index is -0.262. The minimum absolute atomic E-state index is 0.0758. The lowest BCUT2D eigenvalue weighted by Gasteiger charge is -2.24. The highest BCUT2D eigenvalue weighted by atomic mass is 16.5. The van der Waals surface area contributed by atoms with Crippen molar-refractivity contribution in [2.75, 3.05) is 6.61 Å². The number of rotatable bonds is 6.